The van der Waals surface area contributed by atoms with Crippen molar-refractivity contribution in [1.82, 2.24) is 20.5 Å². The van der Waals surface area contributed by atoms with Crippen molar-refractivity contribution >= 4 is 17.7 Å². The van der Waals surface area contributed by atoms with Crippen LogP contribution in [0.25, 0.3) is 0 Å². The van der Waals surface area contributed by atoms with Crippen molar-refractivity contribution in [2.75, 3.05) is 6.26 Å². The number of aromatic nitrogens is 3. The van der Waals surface area contributed by atoms with Crippen LogP contribution in [-0.2, 0) is 0 Å². The molecule has 1 aromatic heterocycles. The van der Waals surface area contributed by atoms with Gasteiger partial charge in [-0.15, -0.1) is 11.8 Å². The minimum Gasteiger partial charge on any atom is -0.338 e. The van der Waals surface area contributed by atoms with Gasteiger partial charge in [0, 0.05) is 4.90 Å². The zero-order chi connectivity index (χ0) is 16.9. The van der Waals surface area contributed by atoms with Gasteiger partial charge in [-0.05, 0) is 30.9 Å². The van der Waals surface area contributed by atoms with Crippen LogP contribution in [0, 0.1) is 6.92 Å². The van der Waals surface area contributed by atoms with Gasteiger partial charge in [0.05, 0.1) is 5.56 Å². The van der Waals surface area contributed by atoms with Gasteiger partial charge in [-0.1, -0.05) is 42.5 Å². The SMILES string of the molecule is CSc1ccccc1C(=O)N[C@@H](c1ccccc1)c1n[nH]c(C)n1. The number of nitrogens with zero attached hydrogens (tertiary/aromatic N) is 2. The molecule has 1 atom stereocenters. The van der Waals surface area contributed by atoms with E-state index in [2.05, 4.69) is 20.5 Å². The molecule has 122 valence electrons. The first-order valence-corrected chi connectivity index (χ1v) is 8.79. The average molecular weight is 338 g/mol. The maximum atomic E-state index is 12.8. The summed E-state index contributed by atoms with van der Waals surface area (Å²) in [6, 6.07) is 16.9. The number of rotatable bonds is 5. The first-order valence-electron chi connectivity index (χ1n) is 7.56. The number of nitrogens with one attached hydrogen (secondary N) is 2. The molecular formula is C18H18N4OS. The summed E-state index contributed by atoms with van der Waals surface area (Å²) in [6.45, 7) is 1.84. The third-order valence-electron chi connectivity index (χ3n) is 3.63. The number of amides is 1. The van der Waals surface area contributed by atoms with Crippen LogP contribution >= 0.6 is 11.8 Å². The van der Waals surface area contributed by atoms with Gasteiger partial charge in [0.1, 0.15) is 11.9 Å². The summed E-state index contributed by atoms with van der Waals surface area (Å²) in [6.07, 6.45) is 1.96. The number of aryl methyl sites for hydroxylation is 1. The fourth-order valence-electron chi connectivity index (χ4n) is 2.47. The van der Waals surface area contributed by atoms with Crippen LogP contribution in [0.1, 0.15) is 33.6 Å². The average Bonchev–Trinajstić information content (AvgIpc) is 3.06. The van der Waals surface area contributed by atoms with E-state index in [4.69, 9.17) is 0 Å². The van der Waals surface area contributed by atoms with Crippen molar-refractivity contribution in [2.24, 2.45) is 0 Å². The van der Waals surface area contributed by atoms with Gasteiger partial charge in [0.2, 0.25) is 0 Å². The second-order valence-electron chi connectivity index (χ2n) is 5.30. The highest BCUT2D eigenvalue weighted by Gasteiger charge is 2.22. The number of aromatic amines is 1. The van der Waals surface area contributed by atoms with Gasteiger partial charge >= 0.3 is 0 Å². The van der Waals surface area contributed by atoms with Crippen LogP contribution in [-0.4, -0.2) is 27.3 Å². The number of hydrogen-bond donors (Lipinski definition) is 2. The Kier molecular flexibility index (Phi) is 4.96. The Labute approximate surface area is 144 Å². The maximum absolute atomic E-state index is 12.8. The Hall–Kier alpha value is -2.60. The Morgan fingerprint density at radius 3 is 2.50 bits per heavy atom. The van der Waals surface area contributed by atoms with Crippen LogP contribution in [0.4, 0.5) is 0 Å². The third-order valence-corrected chi connectivity index (χ3v) is 4.43. The Bertz CT molecular complexity index is 832. The normalized spacial score (nSPS) is 11.9. The standard InChI is InChI=1S/C18H18N4OS/c1-12-19-17(22-21-12)16(13-8-4-3-5-9-13)20-18(23)14-10-6-7-11-15(14)24-2/h3-11,16H,1-2H3,(H,20,23)(H,19,21,22)/t16-/m0/s1. The second-order valence-corrected chi connectivity index (χ2v) is 6.14. The summed E-state index contributed by atoms with van der Waals surface area (Å²) in [5, 5.41) is 10.1. The molecule has 0 radical (unpaired) electrons. The lowest BCUT2D eigenvalue weighted by Crippen LogP contribution is -2.30. The summed E-state index contributed by atoms with van der Waals surface area (Å²) < 4.78 is 0. The zero-order valence-electron chi connectivity index (χ0n) is 13.5. The fourth-order valence-corrected chi connectivity index (χ4v) is 3.07. The van der Waals surface area contributed by atoms with E-state index in [-0.39, 0.29) is 5.91 Å². The molecule has 0 saturated carbocycles. The van der Waals surface area contributed by atoms with E-state index in [1.54, 1.807) is 11.8 Å². The predicted octanol–water partition coefficient (Wildman–Crippen LogP) is 3.35. The van der Waals surface area contributed by atoms with Gasteiger partial charge < -0.3 is 5.32 Å². The van der Waals surface area contributed by atoms with Crippen molar-refractivity contribution in [3.05, 3.63) is 77.4 Å². The minimum atomic E-state index is -0.404. The van der Waals surface area contributed by atoms with E-state index < -0.39 is 6.04 Å². The molecule has 5 nitrogen and oxygen atoms in total. The summed E-state index contributed by atoms with van der Waals surface area (Å²) in [5.74, 6) is 1.12. The van der Waals surface area contributed by atoms with Gasteiger partial charge in [-0.25, -0.2) is 4.98 Å². The van der Waals surface area contributed by atoms with Gasteiger partial charge in [-0.3, -0.25) is 9.89 Å². The smallest absolute Gasteiger partial charge is 0.253 e. The van der Waals surface area contributed by atoms with Gasteiger partial charge in [-0.2, -0.15) is 5.10 Å². The molecule has 24 heavy (non-hydrogen) atoms. The molecule has 0 spiro atoms. The largest absolute Gasteiger partial charge is 0.338 e. The second kappa shape index (κ2) is 7.31. The van der Waals surface area contributed by atoms with E-state index in [1.807, 2.05) is 67.8 Å². The molecule has 0 aliphatic carbocycles. The molecule has 0 fully saturated rings. The minimum absolute atomic E-state index is 0.142. The lowest BCUT2D eigenvalue weighted by atomic mass is 10.1. The molecule has 0 aliphatic rings. The van der Waals surface area contributed by atoms with E-state index in [1.165, 1.54) is 0 Å². The quantitative estimate of drug-likeness (QED) is 0.700. The van der Waals surface area contributed by atoms with Crippen LogP contribution in [0.3, 0.4) is 0 Å². The number of H-pyrrole nitrogens is 1. The molecular weight excluding hydrogens is 320 g/mol. The van der Waals surface area contributed by atoms with Crippen molar-refractivity contribution in [3.8, 4) is 0 Å². The summed E-state index contributed by atoms with van der Waals surface area (Å²) in [4.78, 5) is 18.1. The molecule has 6 heteroatoms. The predicted molar refractivity (Wildman–Crippen MR) is 95.1 cm³/mol. The van der Waals surface area contributed by atoms with E-state index in [0.29, 0.717) is 17.2 Å². The summed E-state index contributed by atoms with van der Waals surface area (Å²) in [5.41, 5.74) is 1.59. The first kappa shape index (κ1) is 16.3. The number of thioether (sulfide) groups is 1. The van der Waals surface area contributed by atoms with Crippen LogP contribution in [0.15, 0.2) is 59.5 Å². The monoisotopic (exact) mass is 338 g/mol. The number of hydrogen-bond acceptors (Lipinski definition) is 4. The summed E-state index contributed by atoms with van der Waals surface area (Å²) >= 11 is 1.55. The number of carbonyl (C=O) groups excluding carboxylic acids is 1. The highest BCUT2D eigenvalue weighted by atomic mass is 32.2. The zero-order valence-corrected chi connectivity index (χ0v) is 14.3. The van der Waals surface area contributed by atoms with Gasteiger partial charge in [0.15, 0.2) is 5.82 Å². The highest BCUT2D eigenvalue weighted by Crippen LogP contribution is 2.23. The van der Waals surface area contributed by atoms with Crippen LogP contribution in [0.5, 0.6) is 0 Å². The molecule has 2 N–H and O–H groups in total. The summed E-state index contributed by atoms with van der Waals surface area (Å²) in [7, 11) is 0. The van der Waals surface area contributed by atoms with Crippen LogP contribution < -0.4 is 5.32 Å². The van der Waals surface area contributed by atoms with E-state index >= 15 is 0 Å². The third kappa shape index (κ3) is 3.49. The molecule has 0 bridgehead atoms. The van der Waals surface area contributed by atoms with Crippen molar-refractivity contribution in [2.45, 2.75) is 17.9 Å². The molecule has 1 amide bonds. The molecule has 2 aromatic carbocycles. The number of benzene rings is 2. The highest BCUT2D eigenvalue weighted by molar-refractivity contribution is 7.98. The lowest BCUT2D eigenvalue weighted by Gasteiger charge is -2.17. The Morgan fingerprint density at radius 2 is 1.83 bits per heavy atom. The van der Waals surface area contributed by atoms with Crippen LogP contribution in [0.2, 0.25) is 0 Å². The molecule has 0 saturated heterocycles. The number of carbonyl (C=O) groups is 1. The van der Waals surface area contributed by atoms with Crippen molar-refractivity contribution in [1.29, 1.82) is 0 Å². The molecule has 0 aliphatic heterocycles. The molecule has 3 aromatic rings. The molecule has 0 unspecified atom stereocenters. The van der Waals surface area contributed by atoms with Gasteiger partial charge in [0.25, 0.3) is 5.91 Å². The Morgan fingerprint density at radius 1 is 1.12 bits per heavy atom. The fraction of sp³-hybridized carbons (Fsp3) is 0.167. The molecule has 3 rings (SSSR count). The Balaban J connectivity index is 1.94. The molecule has 1 heterocycles. The first-order chi connectivity index (χ1) is 11.7. The van der Waals surface area contributed by atoms with E-state index in [9.17, 15) is 4.79 Å². The van der Waals surface area contributed by atoms with E-state index in [0.717, 1.165) is 10.5 Å². The van der Waals surface area contributed by atoms with Crippen molar-refractivity contribution < 1.29 is 4.79 Å². The van der Waals surface area contributed by atoms with Crippen molar-refractivity contribution in [3.63, 3.8) is 0 Å². The maximum Gasteiger partial charge on any atom is 0.253 e. The topological polar surface area (TPSA) is 70.7 Å². The lowest BCUT2D eigenvalue weighted by molar-refractivity contribution is 0.0938.